The fourth-order valence-corrected chi connectivity index (χ4v) is 1.47. The molecule has 0 aliphatic rings. The van der Waals surface area contributed by atoms with E-state index in [4.69, 9.17) is 10.2 Å². The minimum Gasteiger partial charge on any atom is -0.480 e. The van der Waals surface area contributed by atoms with Gasteiger partial charge >= 0.3 is 5.97 Å². The van der Waals surface area contributed by atoms with E-state index in [1.165, 1.54) is 0 Å². The lowest BCUT2D eigenvalue weighted by atomic mass is 10.2. The van der Waals surface area contributed by atoms with Crippen LogP contribution in [0.2, 0.25) is 0 Å². The summed E-state index contributed by atoms with van der Waals surface area (Å²) in [5.74, 6) is -0.852. The highest BCUT2D eigenvalue weighted by atomic mass is 16.4. The maximum atomic E-state index is 10.6. The van der Waals surface area contributed by atoms with E-state index < -0.39 is 12.1 Å². The van der Waals surface area contributed by atoms with Gasteiger partial charge in [0.25, 0.3) is 0 Å². The Kier molecular flexibility index (Phi) is 9.18. The number of aliphatic hydroxyl groups is 2. The number of hydrogen-bond donors (Lipinski definition) is 3. The van der Waals surface area contributed by atoms with Crippen molar-refractivity contribution in [3.8, 4) is 0 Å². The molecular weight excluding hydrogens is 210 g/mol. The summed E-state index contributed by atoms with van der Waals surface area (Å²) in [7, 11) is 0. The van der Waals surface area contributed by atoms with Crippen molar-refractivity contribution in [1.82, 2.24) is 4.90 Å². The Hall–Kier alpha value is -0.650. The van der Waals surface area contributed by atoms with E-state index in [9.17, 15) is 9.90 Å². The first-order valence-corrected chi connectivity index (χ1v) is 5.83. The van der Waals surface area contributed by atoms with E-state index in [0.717, 1.165) is 25.8 Å². The summed E-state index contributed by atoms with van der Waals surface area (Å²) in [6.45, 7) is 3.07. The number of aliphatic carboxylic acids is 1. The first-order valence-electron chi connectivity index (χ1n) is 5.83. The van der Waals surface area contributed by atoms with Crippen LogP contribution in [-0.4, -0.2) is 58.5 Å². The van der Waals surface area contributed by atoms with Gasteiger partial charge in [0.1, 0.15) is 0 Å². The number of aliphatic hydroxyl groups excluding tert-OH is 2. The van der Waals surface area contributed by atoms with Gasteiger partial charge in [-0.2, -0.15) is 0 Å². The summed E-state index contributed by atoms with van der Waals surface area (Å²) in [6.07, 6.45) is 2.82. The van der Waals surface area contributed by atoms with E-state index in [-0.39, 0.29) is 13.2 Å². The summed E-state index contributed by atoms with van der Waals surface area (Å²) >= 11 is 0. The van der Waals surface area contributed by atoms with Crippen molar-refractivity contribution in [3.05, 3.63) is 0 Å². The third kappa shape index (κ3) is 8.64. The molecule has 0 saturated heterocycles. The minimum atomic E-state index is -0.852. The maximum Gasteiger partial charge on any atom is 0.317 e. The van der Waals surface area contributed by atoms with Crippen LogP contribution in [0.4, 0.5) is 0 Å². The minimum absolute atomic E-state index is 0.00185. The fraction of sp³-hybridized carbons (Fsp3) is 0.909. The molecule has 0 aromatic rings. The Morgan fingerprint density at radius 2 is 2.00 bits per heavy atom. The van der Waals surface area contributed by atoms with Crippen molar-refractivity contribution in [3.63, 3.8) is 0 Å². The van der Waals surface area contributed by atoms with Gasteiger partial charge in [-0.25, -0.2) is 0 Å². The monoisotopic (exact) mass is 233 g/mol. The van der Waals surface area contributed by atoms with Gasteiger partial charge in [-0.1, -0.05) is 19.8 Å². The Morgan fingerprint density at radius 3 is 2.50 bits per heavy atom. The predicted molar refractivity (Wildman–Crippen MR) is 61.3 cm³/mol. The van der Waals surface area contributed by atoms with Crippen LogP contribution < -0.4 is 0 Å². The molecule has 0 rings (SSSR count). The van der Waals surface area contributed by atoms with Crippen LogP contribution in [0.15, 0.2) is 0 Å². The van der Waals surface area contributed by atoms with Crippen LogP contribution >= 0.6 is 0 Å². The van der Waals surface area contributed by atoms with Crippen molar-refractivity contribution >= 4 is 5.97 Å². The first-order chi connectivity index (χ1) is 7.60. The van der Waals surface area contributed by atoms with Crippen molar-refractivity contribution in [2.45, 2.75) is 38.7 Å². The van der Waals surface area contributed by atoms with Crippen LogP contribution in [0.1, 0.15) is 32.6 Å². The van der Waals surface area contributed by atoms with Crippen LogP contribution in [0.5, 0.6) is 0 Å². The molecule has 3 N–H and O–H groups in total. The zero-order valence-electron chi connectivity index (χ0n) is 9.93. The van der Waals surface area contributed by atoms with Crippen molar-refractivity contribution in [1.29, 1.82) is 0 Å². The molecule has 16 heavy (non-hydrogen) atoms. The molecule has 0 amide bonds. The average molecular weight is 233 g/mol. The van der Waals surface area contributed by atoms with E-state index in [2.05, 4.69) is 6.92 Å². The highest BCUT2D eigenvalue weighted by Gasteiger charge is 2.11. The zero-order chi connectivity index (χ0) is 12.4. The topological polar surface area (TPSA) is 81.0 Å². The normalized spacial score (nSPS) is 13.0. The van der Waals surface area contributed by atoms with Gasteiger partial charge in [0.15, 0.2) is 0 Å². The van der Waals surface area contributed by atoms with Gasteiger partial charge in [0.2, 0.25) is 0 Å². The Labute approximate surface area is 96.7 Å². The largest absolute Gasteiger partial charge is 0.480 e. The lowest BCUT2D eigenvalue weighted by molar-refractivity contribution is -0.138. The molecule has 96 valence electrons. The zero-order valence-corrected chi connectivity index (χ0v) is 9.93. The molecule has 0 radical (unpaired) electrons. The number of nitrogens with zero attached hydrogens (tertiary/aromatic N) is 1. The molecule has 0 bridgehead atoms. The third-order valence-electron chi connectivity index (χ3n) is 2.43. The molecule has 1 unspecified atom stereocenters. The van der Waals surface area contributed by atoms with Crippen molar-refractivity contribution < 1.29 is 20.1 Å². The second-order valence-electron chi connectivity index (χ2n) is 4.00. The number of carbonyl (C=O) groups is 1. The van der Waals surface area contributed by atoms with Crippen LogP contribution in [-0.2, 0) is 4.79 Å². The van der Waals surface area contributed by atoms with Gasteiger partial charge in [-0.05, 0) is 19.4 Å². The summed E-state index contributed by atoms with van der Waals surface area (Å²) in [5.41, 5.74) is 0. The third-order valence-corrected chi connectivity index (χ3v) is 2.43. The quantitative estimate of drug-likeness (QED) is 0.473. The highest BCUT2D eigenvalue weighted by molar-refractivity contribution is 5.69. The molecule has 0 heterocycles. The van der Waals surface area contributed by atoms with Gasteiger partial charge in [0, 0.05) is 6.54 Å². The molecule has 5 nitrogen and oxygen atoms in total. The van der Waals surface area contributed by atoms with Crippen LogP contribution in [0, 0.1) is 0 Å². The Balaban J connectivity index is 3.85. The van der Waals surface area contributed by atoms with E-state index in [1.54, 1.807) is 4.90 Å². The van der Waals surface area contributed by atoms with Crippen LogP contribution in [0.3, 0.4) is 0 Å². The number of unbranched alkanes of at least 4 members (excludes halogenated alkanes) is 2. The lowest BCUT2D eigenvalue weighted by Crippen LogP contribution is -2.33. The van der Waals surface area contributed by atoms with Gasteiger partial charge in [-0.15, -0.1) is 0 Å². The number of carboxylic acids is 1. The van der Waals surface area contributed by atoms with Gasteiger partial charge in [0.05, 0.1) is 19.3 Å². The predicted octanol–water partition coefficient (Wildman–Crippen LogP) is 0.306. The van der Waals surface area contributed by atoms with Gasteiger partial charge < -0.3 is 15.3 Å². The second-order valence-corrected chi connectivity index (χ2v) is 4.00. The number of carboxylic acid groups (broad SMARTS) is 1. The van der Waals surface area contributed by atoms with E-state index >= 15 is 0 Å². The Morgan fingerprint density at radius 1 is 1.31 bits per heavy atom. The molecule has 5 heteroatoms. The van der Waals surface area contributed by atoms with Crippen molar-refractivity contribution in [2.75, 3.05) is 26.2 Å². The second kappa shape index (κ2) is 9.57. The molecule has 0 aliphatic heterocycles. The fourth-order valence-electron chi connectivity index (χ4n) is 1.47. The highest BCUT2D eigenvalue weighted by Crippen LogP contribution is 2.01. The molecule has 0 saturated carbocycles. The molecular formula is C11H23NO4. The smallest absolute Gasteiger partial charge is 0.317 e. The SMILES string of the molecule is CCCCCN(CCC(O)CO)CC(=O)O. The molecule has 0 aromatic heterocycles. The Bertz CT molecular complexity index is 187. The van der Waals surface area contributed by atoms with E-state index in [0.29, 0.717) is 13.0 Å². The summed E-state index contributed by atoms with van der Waals surface area (Å²) < 4.78 is 0. The average Bonchev–Trinajstić information content (AvgIpc) is 2.24. The number of rotatable bonds is 10. The maximum absolute atomic E-state index is 10.6. The molecule has 0 spiro atoms. The molecule has 0 aliphatic carbocycles. The standard InChI is InChI=1S/C11H23NO4/c1-2-3-4-6-12(8-11(15)16)7-5-10(14)9-13/h10,13-14H,2-9H2,1H3,(H,15,16). The molecule has 0 fully saturated rings. The summed E-state index contributed by atoms with van der Waals surface area (Å²) in [6, 6.07) is 0. The van der Waals surface area contributed by atoms with E-state index in [1.807, 2.05) is 0 Å². The van der Waals surface area contributed by atoms with Crippen LogP contribution in [0.25, 0.3) is 0 Å². The van der Waals surface area contributed by atoms with Gasteiger partial charge in [-0.3, -0.25) is 9.69 Å². The molecule has 0 aromatic carbocycles. The lowest BCUT2D eigenvalue weighted by Gasteiger charge is -2.21. The summed E-state index contributed by atoms with van der Waals surface area (Å²) in [4.78, 5) is 12.4. The molecule has 1 atom stereocenters. The number of hydrogen-bond acceptors (Lipinski definition) is 4. The van der Waals surface area contributed by atoms with Crippen molar-refractivity contribution in [2.24, 2.45) is 0 Å². The summed E-state index contributed by atoms with van der Waals surface area (Å²) in [5, 5.41) is 26.6. The first kappa shape index (κ1) is 15.3.